The molecule has 0 spiro atoms. The molecule has 1 saturated heterocycles. The molecule has 3 N–H and O–H groups in total. The zero-order valence-corrected chi connectivity index (χ0v) is 21.9. The Labute approximate surface area is 231 Å². The first-order valence-electron chi connectivity index (χ1n) is 12.6. The van der Waals surface area contributed by atoms with Crippen LogP contribution >= 0.6 is 11.6 Å². The van der Waals surface area contributed by atoms with Crippen LogP contribution in [0.25, 0.3) is 10.9 Å². The molecule has 0 radical (unpaired) electrons. The van der Waals surface area contributed by atoms with Gasteiger partial charge in [0.2, 0.25) is 11.8 Å². The van der Waals surface area contributed by atoms with Crippen molar-refractivity contribution in [2.45, 2.75) is 44.2 Å². The number of amides is 2. The number of hydrogen-bond acceptors (Lipinski definition) is 5. The lowest BCUT2D eigenvalue weighted by Gasteiger charge is -2.34. The predicted octanol–water partition coefficient (Wildman–Crippen LogP) is 4.51. The number of carboxylic acids is 1. The zero-order chi connectivity index (χ0) is 29.0. The fraction of sp³-hybridized carbons (Fsp3) is 0.370. The number of benzene rings is 2. The van der Waals surface area contributed by atoms with Crippen LogP contribution in [0.3, 0.4) is 0 Å². The number of carboxylic acid groups (broad SMARTS) is 1. The normalized spacial score (nSPS) is 17.1. The number of carbonyl (C=O) groups excluding carboxylic acids is 2. The van der Waals surface area contributed by atoms with E-state index >= 15 is 0 Å². The number of piperidine rings is 1. The third-order valence-electron chi connectivity index (χ3n) is 6.96. The third kappa shape index (κ3) is 6.79. The molecular formula is C27H26ClF3N4O5. The van der Waals surface area contributed by atoms with Crippen molar-refractivity contribution >= 4 is 46.0 Å². The summed E-state index contributed by atoms with van der Waals surface area (Å²) < 4.78 is 31.7. The zero-order valence-electron chi connectivity index (χ0n) is 21.1. The Morgan fingerprint density at radius 1 is 1.10 bits per heavy atom. The molecule has 9 nitrogen and oxygen atoms in total. The summed E-state index contributed by atoms with van der Waals surface area (Å²) in [6.07, 6.45) is -1.91. The molecule has 2 aliphatic heterocycles. The van der Waals surface area contributed by atoms with Gasteiger partial charge in [-0.15, -0.1) is 0 Å². The van der Waals surface area contributed by atoms with Crippen LogP contribution in [0.2, 0.25) is 5.02 Å². The summed E-state index contributed by atoms with van der Waals surface area (Å²) in [5.74, 6) is -1.98. The van der Waals surface area contributed by atoms with E-state index in [1.165, 1.54) is 0 Å². The highest BCUT2D eigenvalue weighted by Crippen LogP contribution is 2.42. The van der Waals surface area contributed by atoms with Gasteiger partial charge in [-0.25, -0.2) is 9.78 Å². The Hall–Kier alpha value is -3.93. The number of nitrogens with zero attached hydrogens (tertiary/aromatic N) is 2. The molecule has 3 heterocycles. The first-order valence-corrected chi connectivity index (χ1v) is 13.0. The standard InChI is InChI=1S/C25H25ClN4O3.C2HF3O2/c26-16-8-9-17-20(14-16)28-25(33)23(17)15-10-12-30(13-11-15)22(31)7-3-6-21-27-19-5-2-1-4-18(19)24(32)29-21;3-2(4,5)1(6)7/h1-2,4-5,8-9,14-15,23H,3,6-7,10-13H2,(H,28,33)(H,27,29,32);(H,6,7)/t23-;/m1./s1. The van der Waals surface area contributed by atoms with Gasteiger partial charge in [-0.1, -0.05) is 29.8 Å². The molecule has 0 saturated carbocycles. The number of likely N-dealkylation sites (tertiary alicyclic amines) is 1. The molecule has 2 amide bonds. The largest absolute Gasteiger partial charge is 0.490 e. The number of fused-ring (bicyclic) bond motifs is 2. The first kappa shape index (κ1) is 29.1. The highest BCUT2D eigenvalue weighted by atomic mass is 35.5. The fourth-order valence-corrected chi connectivity index (χ4v) is 5.20. The number of H-pyrrole nitrogens is 1. The topological polar surface area (TPSA) is 132 Å². The quantitative estimate of drug-likeness (QED) is 0.408. The minimum atomic E-state index is -5.08. The van der Waals surface area contributed by atoms with Crippen LogP contribution in [-0.4, -0.2) is 57.0 Å². The van der Waals surface area contributed by atoms with Crippen molar-refractivity contribution in [1.82, 2.24) is 14.9 Å². The summed E-state index contributed by atoms with van der Waals surface area (Å²) in [4.78, 5) is 55.6. The number of aromatic amines is 1. The number of hydrogen-bond donors (Lipinski definition) is 3. The molecule has 0 aliphatic carbocycles. The number of nitrogens with one attached hydrogen (secondary N) is 2. The Bertz CT molecular complexity index is 1490. The molecule has 1 fully saturated rings. The number of rotatable bonds is 5. The Morgan fingerprint density at radius 2 is 1.77 bits per heavy atom. The van der Waals surface area contributed by atoms with E-state index in [4.69, 9.17) is 21.5 Å². The van der Waals surface area contributed by atoms with Gasteiger partial charge < -0.3 is 20.3 Å². The van der Waals surface area contributed by atoms with E-state index < -0.39 is 12.1 Å². The van der Waals surface area contributed by atoms with Crippen molar-refractivity contribution in [2.24, 2.45) is 5.92 Å². The molecular weight excluding hydrogens is 553 g/mol. The number of carbonyl (C=O) groups is 3. The van der Waals surface area contributed by atoms with Crippen LogP contribution in [0.15, 0.2) is 47.3 Å². The van der Waals surface area contributed by atoms with Crippen LogP contribution in [0, 0.1) is 5.92 Å². The van der Waals surface area contributed by atoms with Gasteiger partial charge in [0.05, 0.1) is 16.8 Å². The van der Waals surface area contributed by atoms with E-state index in [0.717, 1.165) is 24.1 Å². The summed E-state index contributed by atoms with van der Waals surface area (Å²) in [6.45, 7) is 1.31. The predicted molar refractivity (Wildman–Crippen MR) is 141 cm³/mol. The van der Waals surface area contributed by atoms with Crippen molar-refractivity contribution in [1.29, 1.82) is 0 Å². The second kappa shape index (κ2) is 12.1. The SMILES string of the molecule is O=C(O)C(F)(F)F.O=C1Nc2cc(Cl)ccc2[C@H]1C1CCN(C(=O)CCCc2nc3ccccc3c(=O)[nH]2)CC1. The minimum absolute atomic E-state index is 0.0221. The number of alkyl halides is 3. The van der Waals surface area contributed by atoms with E-state index in [1.807, 2.05) is 35.2 Å². The number of aryl methyl sites for hydroxylation is 1. The van der Waals surface area contributed by atoms with Crippen LogP contribution in [0.1, 0.15) is 43.0 Å². The van der Waals surface area contributed by atoms with Crippen molar-refractivity contribution < 1.29 is 32.7 Å². The molecule has 0 unspecified atom stereocenters. The average molecular weight is 579 g/mol. The van der Waals surface area contributed by atoms with Crippen LogP contribution < -0.4 is 10.9 Å². The molecule has 40 heavy (non-hydrogen) atoms. The molecule has 2 aromatic carbocycles. The van der Waals surface area contributed by atoms with Crippen molar-refractivity contribution in [3.05, 3.63) is 69.2 Å². The smallest absolute Gasteiger partial charge is 0.475 e. The molecule has 1 atom stereocenters. The van der Waals surface area contributed by atoms with Crippen molar-refractivity contribution in [3.8, 4) is 0 Å². The fourth-order valence-electron chi connectivity index (χ4n) is 5.03. The molecule has 5 rings (SSSR count). The molecule has 13 heteroatoms. The van der Waals surface area contributed by atoms with Gasteiger partial charge in [-0.2, -0.15) is 13.2 Å². The number of aromatic nitrogens is 2. The van der Waals surface area contributed by atoms with Crippen molar-refractivity contribution in [2.75, 3.05) is 18.4 Å². The monoisotopic (exact) mass is 578 g/mol. The molecule has 2 aliphatic rings. The number of halogens is 4. The Kier molecular flexibility index (Phi) is 8.77. The van der Waals surface area contributed by atoms with Crippen LogP contribution in [0.4, 0.5) is 18.9 Å². The van der Waals surface area contributed by atoms with E-state index in [0.29, 0.717) is 54.1 Å². The molecule has 0 bridgehead atoms. The summed E-state index contributed by atoms with van der Waals surface area (Å²) in [6, 6.07) is 12.8. The van der Waals surface area contributed by atoms with Crippen LogP contribution in [0.5, 0.6) is 0 Å². The van der Waals surface area contributed by atoms with Gasteiger partial charge in [0, 0.05) is 36.6 Å². The van der Waals surface area contributed by atoms with Gasteiger partial charge in [0.1, 0.15) is 5.82 Å². The van der Waals surface area contributed by atoms with Crippen LogP contribution in [-0.2, 0) is 20.8 Å². The van der Waals surface area contributed by atoms with E-state index in [1.54, 1.807) is 12.1 Å². The summed E-state index contributed by atoms with van der Waals surface area (Å²) in [5.41, 5.74) is 2.33. The average Bonchev–Trinajstić information content (AvgIpc) is 3.23. The number of para-hydroxylation sites is 1. The van der Waals surface area contributed by atoms with Gasteiger partial charge in [-0.05, 0) is 55.0 Å². The molecule has 1 aromatic heterocycles. The summed E-state index contributed by atoms with van der Waals surface area (Å²) in [7, 11) is 0. The number of aliphatic carboxylic acids is 1. The van der Waals surface area contributed by atoms with Crippen molar-refractivity contribution in [3.63, 3.8) is 0 Å². The first-order chi connectivity index (χ1) is 18.9. The van der Waals surface area contributed by atoms with E-state index in [-0.39, 0.29) is 29.2 Å². The van der Waals surface area contributed by atoms with E-state index in [2.05, 4.69) is 15.3 Å². The van der Waals surface area contributed by atoms with Gasteiger partial charge in [0.25, 0.3) is 5.56 Å². The summed E-state index contributed by atoms with van der Waals surface area (Å²) in [5, 5.41) is 11.2. The second-order valence-electron chi connectivity index (χ2n) is 9.60. The maximum absolute atomic E-state index is 12.7. The highest BCUT2D eigenvalue weighted by Gasteiger charge is 2.39. The Balaban J connectivity index is 0.000000470. The maximum Gasteiger partial charge on any atom is 0.490 e. The lowest BCUT2D eigenvalue weighted by Crippen LogP contribution is -2.40. The van der Waals surface area contributed by atoms with Gasteiger partial charge in [0.15, 0.2) is 0 Å². The third-order valence-corrected chi connectivity index (χ3v) is 7.20. The Morgan fingerprint density at radius 3 is 2.45 bits per heavy atom. The highest BCUT2D eigenvalue weighted by molar-refractivity contribution is 6.31. The lowest BCUT2D eigenvalue weighted by atomic mass is 9.80. The molecule has 212 valence electrons. The minimum Gasteiger partial charge on any atom is -0.475 e. The lowest BCUT2D eigenvalue weighted by molar-refractivity contribution is -0.192. The maximum atomic E-state index is 12.7. The van der Waals surface area contributed by atoms with E-state index in [9.17, 15) is 27.6 Å². The van der Waals surface area contributed by atoms with Gasteiger partial charge >= 0.3 is 12.1 Å². The molecule has 3 aromatic rings. The number of anilines is 1. The summed E-state index contributed by atoms with van der Waals surface area (Å²) >= 11 is 6.06. The second-order valence-corrected chi connectivity index (χ2v) is 10.0. The van der Waals surface area contributed by atoms with Gasteiger partial charge in [-0.3, -0.25) is 14.4 Å².